The number of nitrogens with one attached hydrogen (secondary N) is 2. The number of hydrogen-bond donors (Lipinski definition) is 2. The van der Waals surface area contributed by atoms with Gasteiger partial charge in [-0.3, -0.25) is 9.59 Å². The molecule has 13 unspecified atom stereocenters. The molecule has 10 nitrogen and oxygen atoms in total. The van der Waals surface area contributed by atoms with Gasteiger partial charge in [0.2, 0.25) is 11.8 Å². The zero-order valence-electron chi connectivity index (χ0n) is 26.2. The van der Waals surface area contributed by atoms with Crippen molar-refractivity contribution >= 4 is 11.8 Å². The van der Waals surface area contributed by atoms with E-state index < -0.39 is 6.10 Å². The molecular weight excluding hydrogens is 538 g/mol. The normalized spacial score (nSPS) is 45.5. The number of amides is 2. The number of nitrogens with zero attached hydrogens (tertiary/aromatic N) is 1. The van der Waals surface area contributed by atoms with E-state index in [1.165, 1.54) is 0 Å². The van der Waals surface area contributed by atoms with Crippen molar-refractivity contribution in [1.29, 1.82) is 0 Å². The van der Waals surface area contributed by atoms with Gasteiger partial charge in [-0.15, -0.1) is 0 Å². The molecule has 0 radical (unpaired) electrons. The molecule has 0 spiro atoms. The highest BCUT2D eigenvalue weighted by Gasteiger charge is 2.64. The van der Waals surface area contributed by atoms with Crippen LogP contribution in [0.5, 0.6) is 0 Å². The van der Waals surface area contributed by atoms with Crippen molar-refractivity contribution in [2.24, 2.45) is 29.6 Å². The summed E-state index contributed by atoms with van der Waals surface area (Å²) in [5.41, 5.74) is 0. The summed E-state index contributed by atoms with van der Waals surface area (Å²) in [4.78, 5) is 29.6. The Labute approximate surface area is 251 Å². The van der Waals surface area contributed by atoms with Crippen molar-refractivity contribution in [3.05, 3.63) is 0 Å². The van der Waals surface area contributed by atoms with E-state index in [2.05, 4.69) is 15.5 Å². The number of rotatable bonds is 9. The SMILES string of the molecule is COC1CCC(CNC(=O)[C@@H](C)OC2CCC3C(C2)C2CCNC4C5CCC(OC)C(OC)C5C(=O)N3C24)CC1OC. The summed E-state index contributed by atoms with van der Waals surface area (Å²) in [5, 5.41) is 7.00. The average Bonchev–Trinajstić information content (AvgIpc) is 3.36. The van der Waals surface area contributed by atoms with Gasteiger partial charge in [0.1, 0.15) is 6.10 Å². The molecule has 238 valence electrons. The fraction of sp³-hybridized carbons (Fsp3) is 0.938. The van der Waals surface area contributed by atoms with Crippen LogP contribution in [0.15, 0.2) is 0 Å². The number of carbonyl (C=O) groups excluding carboxylic acids is 2. The van der Waals surface area contributed by atoms with Gasteiger partial charge >= 0.3 is 0 Å². The Morgan fingerprint density at radius 2 is 1.64 bits per heavy atom. The number of fused-ring (bicyclic) bond motifs is 5. The van der Waals surface area contributed by atoms with Gasteiger partial charge in [-0.05, 0) is 94.9 Å². The van der Waals surface area contributed by atoms with Gasteiger partial charge in [-0.1, -0.05) is 0 Å². The Morgan fingerprint density at radius 1 is 0.881 bits per heavy atom. The number of carbonyl (C=O) groups is 2. The Morgan fingerprint density at radius 3 is 2.38 bits per heavy atom. The van der Waals surface area contributed by atoms with E-state index in [-0.39, 0.29) is 66.3 Å². The topological polar surface area (TPSA) is 108 Å². The van der Waals surface area contributed by atoms with Gasteiger partial charge < -0.3 is 39.2 Å². The van der Waals surface area contributed by atoms with Gasteiger partial charge in [0.15, 0.2) is 0 Å². The fourth-order valence-corrected chi connectivity index (χ4v) is 10.1. The van der Waals surface area contributed by atoms with Crippen molar-refractivity contribution in [1.82, 2.24) is 15.5 Å². The average molecular weight is 592 g/mol. The molecule has 0 aromatic carbocycles. The molecule has 6 fully saturated rings. The van der Waals surface area contributed by atoms with Gasteiger partial charge in [0, 0.05) is 47.1 Å². The first-order chi connectivity index (χ1) is 20.4. The molecule has 0 bridgehead atoms. The fourth-order valence-electron chi connectivity index (χ4n) is 10.1. The maximum atomic E-state index is 14.2. The third-order valence-corrected chi connectivity index (χ3v) is 12.0. The molecule has 14 atom stereocenters. The van der Waals surface area contributed by atoms with Crippen molar-refractivity contribution < 1.29 is 33.3 Å². The van der Waals surface area contributed by atoms with Crippen LogP contribution >= 0.6 is 0 Å². The molecule has 42 heavy (non-hydrogen) atoms. The van der Waals surface area contributed by atoms with E-state index in [4.69, 9.17) is 23.7 Å². The van der Waals surface area contributed by atoms with Crippen molar-refractivity contribution in [3.63, 3.8) is 0 Å². The molecule has 3 aliphatic heterocycles. The summed E-state index contributed by atoms with van der Waals surface area (Å²) in [7, 11) is 6.94. The van der Waals surface area contributed by atoms with Crippen LogP contribution in [0.4, 0.5) is 0 Å². The van der Waals surface area contributed by atoms with E-state index in [1.807, 2.05) is 6.92 Å². The molecule has 6 rings (SSSR count). The summed E-state index contributed by atoms with van der Waals surface area (Å²) in [6.45, 7) is 3.51. The minimum absolute atomic E-state index is 0.0342. The molecule has 2 N–H and O–H groups in total. The smallest absolute Gasteiger partial charge is 0.248 e. The molecule has 10 heteroatoms. The van der Waals surface area contributed by atoms with Crippen LogP contribution < -0.4 is 10.6 Å². The number of hydrogen-bond acceptors (Lipinski definition) is 8. The monoisotopic (exact) mass is 591 g/mol. The maximum Gasteiger partial charge on any atom is 0.248 e. The van der Waals surface area contributed by atoms with Gasteiger partial charge in [0.25, 0.3) is 0 Å². The van der Waals surface area contributed by atoms with Crippen molar-refractivity contribution in [2.45, 2.75) is 119 Å². The maximum absolute atomic E-state index is 14.2. The lowest BCUT2D eigenvalue weighted by Crippen LogP contribution is -2.70. The highest BCUT2D eigenvalue weighted by Crippen LogP contribution is 2.54. The van der Waals surface area contributed by atoms with E-state index in [9.17, 15) is 9.59 Å². The highest BCUT2D eigenvalue weighted by atomic mass is 16.5. The summed E-state index contributed by atoms with van der Waals surface area (Å²) in [5.74, 6) is 1.66. The largest absolute Gasteiger partial charge is 0.379 e. The lowest BCUT2D eigenvalue weighted by molar-refractivity contribution is -0.175. The van der Waals surface area contributed by atoms with Crippen LogP contribution in [0.1, 0.15) is 64.7 Å². The first-order valence-electron chi connectivity index (χ1n) is 16.5. The van der Waals surface area contributed by atoms with Crippen LogP contribution in [0.25, 0.3) is 0 Å². The third-order valence-electron chi connectivity index (χ3n) is 12.0. The third kappa shape index (κ3) is 5.42. The lowest BCUT2D eigenvalue weighted by Gasteiger charge is -2.55. The summed E-state index contributed by atoms with van der Waals surface area (Å²) in [6.07, 6.45) is 8.13. The Bertz CT molecular complexity index is 968. The standard InChI is InChI=1S/C32H53N3O7/c1-17(31(36)34-16-18-6-10-24(38-2)26(14-18)40-4)42-19-7-9-23-22(15-19)20-12-13-33-28-21-8-11-25(39-3)30(41-5)27(21)32(37)35(23)29(20)28/h17-30,33H,6-16H2,1-5H3,(H,34,36)/t17-,18?,19?,20?,21?,22?,23?,24?,25?,26?,27?,28?,29?,30?/m1/s1. The minimum Gasteiger partial charge on any atom is -0.379 e. The quantitative estimate of drug-likeness (QED) is 0.420. The number of ether oxygens (including phenoxy) is 5. The van der Waals surface area contributed by atoms with Gasteiger partial charge in [0.05, 0.1) is 42.5 Å². The molecule has 3 heterocycles. The summed E-state index contributed by atoms with van der Waals surface area (Å²) < 4.78 is 29.4. The second-order valence-electron chi connectivity index (χ2n) is 13.8. The lowest BCUT2D eigenvalue weighted by atomic mass is 9.64. The van der Waals surface area contributed by atoms with Crippen molar-refractivity contribution in [3.8, 4) is 0 Å². The van der Waals surface area contributed by atoms with Crippen LogP contribution in [0.2, 0.25) is 0 Å². The number of methoxy groups -OCH3 is 4. The Kier molecular flexibility index (Phi) is 9.49. The molecule has 0 aromatic heterocycles. The van der Waals surface area contributed by atoms with E-state index in [0.29, 0.717) is 30.3 Å². The van der Waals surface area contributed by atoms with Gasteiger partial charge in [-0.25, -0.2) is 0 Å². The Hall–Kier alpha value is -1.30. The van der Waals surface area contributed by atoms with E-state index >= 15 is 0 Å². The predicted molar refractivity (Wildman–Crippen MR) is 156 cm³/mol. The summed E-state index contributed by atoms with van der Waals surface area (Å²) in [6, 6.07) is 0.812. The molecule has 3 saturated carbocycles. The van der Waals surface area contributed by atoms with E-state index in [0.717, 1.165) is 64.3 Å². The van der Waals surface area contributed by atoms with Crippen LogP contribution in [-0.2, 0) is 33.3 Å². The molecule has 0 aromatic rings. The molecule has 3 aliphatic carbocycles. The van der Waals surface area contributed by atoms with Crippen molar-refractivity contribution in [2.75, 3.05) is 41.5 Å². The molecule has 3 saturated heterocycles. The Balaban J connectivity index is 1.07. The first-order valence-corrected chi connectivity index (χ1v) is 16.5. The second kappa shape index (κ2) is 13.0. The van der Waals surface area contributed by atoms with E-state index in [1.54, 1.807) is 28.4 Å². The zero-order chi connectivity index (χ0) is 29.5. The highest BCUT2D eigenvalue weighted by molar-refractivity contribution is 5.83. The number of piperidine rings is 2. The van der Waals surface area contributed by atoms with Crippen LogP contribution in [-0.4, -0.2) is 113 Å². The zero-order valence-corrected chi connectivity index (χ0v) is 26.2. The van der Waals surface area contributed by atoms with Gasteiger partial charge in [-0.2, -0.15) is 0 Å². The first kappa shape index (κ1) is 30.7. The second-order valence-corrected chi connectivity index (χ2v) is 13.8. The molecule has 6 aliphatic rings. The predicted octanol–water partition coefficient (Wildman–Crippen LogP) is 2.13. The molecule has 2 amide bonds. The van der Waals surface area contributed by atoms with Crippen LogP contribution in [0.3, 0.4) is 0 Å². The molecular formula is C32H53N3O7. The minimum atomic E-state index is -0.497. The van der Waals surface area contributed by atoms with Crippen LogP contribution in [0, 0.1) is 29.6 Å². The summed E-state index contributed by atoms with van der Waals surface area (Å²) >= 11 is 0.